The van der Waals surface area contributed by atoms with Crippen LogP contribution in [0.4, 0.5) is 5.69 Å². The molecule has 0 aliphatic rings. The van der Waals surface area contributed by atoms with Crippen LogP contribution in [0.3, 0.4) is 0 Å². The second-order valence-electron chi connectivity index (χ2n) is 3.52. The summed E-state index contributed by atoms with van der Waals surface area (Å²) in [5.74, 6) is 0.360. The van der Waals surface area contributed by atoms with Crippen LogP contribution in [0.2, 0.25) is 0 Å². The lowest BCUT2D eigenvalue weighted by Crippen LogP contribution is -2.19. The van der Waals surface area contributed by atoms with E-state index >= 15 is 0 Å². The first-order chi connectivity index (χ1) is 8.79. The molecule has 2 rings (SSSR count). The fourth-order valence-electron chi connectivity index (χ4n) is 1.41. The Hall–Kier alpha value is -2.44. The molecule has 0 saturated carbocycles. The average molecular weight is 247 g/mol. The minimum atomic E-state index is -0.212. The summed E-state index contributed by atoms with van der Waals surface area (Å²) in [5, 5.41) is 9.20. The van der Waals surface area contributed by atoms with Crippen LogP contribution in [-0.2, 0) is 6.42 Å². The molecule has 0 unspecified atom stereocenters. The lowest BCUT2D eigenvalue weighted by molar-refractivity contribution is 0.0958. The van der Waals surface area contributed by atoms with Crippen molar-refractivity contribution in [1.82, 2.24) is 20.4 Å². The molecule has 0 atom stereocenters. The van der Waals surface area contributed by atoms with Gasteiger partial charge in [0, 0.05) is 31.9 Å². The third-order valence-electron chi connectivity index (χ3n) is 2.29. The molecule has 18 heavy (non-hydrogen) atoms. The summed E-state index contributed by atoms with van der Waals surface area (Å²) in [5.41, 5.74) is 1.20. The van der Waals surface area contributed by atoms with Gasteiger partial charge in [-0.2, -0.15) is 4.98 Å². The highest BCUT2D eigenvalue weighted by atomic mass is 16.5. The van der Waals surface area contributed by atoms with Crippen LogP contribution in [0.25, 0.3) is 0 Å². The van der Waals surface area contributed by atoms with Crippen LogP contribution in [0, 0.1) is 0 Å². The van der Waals surface area contributed by atoms with Crippen molar-refractivity contribution in [3.63, 3.8) is 0 Å². The maximum absolute atomic E-state index is 11.4. The summed E-state index contributed by atoms with van der Waals surface area (Å²) >= 11 is 0. The highest BCUT2D eigenvalue weighted by Gasteiger charge is 2.05. The van der Waals surface area contributed by atoms with E-state index in [9.17, 15) is 4.79 Å². The van der Waals surface area contributed by atoms with Gasteiger partial charge in [0.15, 0.2) is 6.33 Å². The summed E-state index contributed by atoms with van der Waals surface area (Å²) in [4.78, 5) is 19.3. The van der Waals surface area contributed by atoms with E-state index in [2.05, 4.69) is 25.8 Å². The first kappa shape index (κ1) is 12.0. The van der Waals surface area contributed by atoms with E-state index in [-0.39, 0.29) is 5.91 Å². The van der Waals surface area contributed by atoms with Crippen LogP contribution in [0.5, 0.6) is 0 Å². The summed E-state index contributed by atoms with van der Waals surface area (Å²) in [7, 11) is 1.57. The molecule has 0 radical (unpaired) electrons. The predicted molar refractivity (Wildman–Crippen MR) is 64.1 cm³/mol. The summed E-state index contributed by atoms with van der Waals surface area (Å²) in [6.45, 7) is 0.638. The van der Waals surface area contributed by atoms with E-state index in [4.69, 9.17) is 4.52 Å². The fourth-order valence-corrected chi connectivity index (χ4v) is 1.41. The van der Waals surface area contributed by atoms with Gasteiger partial charge in [0.2, 0.25) is 5.89 Å². The molecule has 2 aromatic heterocycles. The maximum atomic E-state index is 11.4. The normalized spacial score (nSPS) is 10.1. The smallest absolute Gasteiger partial charge is 0.269 e. The number of nitrogens with zero attached hydrogens (tertiary/aromatic N) is 3. The second kappa shape index (κ2) is 5.76. The predicted octanol–water partition coefficient (Wildman–Crippen LogP) is 0.479. The Balaban J connectivity index is 1.91. The third-order valence-corrected chi connectivity index (χ3v) is 2.29. The zero-order chi connectivity index (χ0) is 12.8. The van der Waals surface area contributed by atoms with Crippen LogP contribution in [0.15, 0.2) is 29.2 Å². The zero-order valence-electron chi connectivity index (χ0n) is 9.88. The highest BCUT2D eigenvalue weighted by Crippen LogP contribution is 2.08. The molecule has 0 aliphatic carbocycles. The Labute approximate surface area is 104 Å². The molecule has 2 aromatic rings. The summed E-state index contributed by atoms with van der Waals surface area (Å²) in [6, 6.07) is 3.48. The number of aromatic nitrogens is 3. The molecule has 1 amide bonds. The minimum Gasteiger partial charge on any atom is -0.384 e. The highest BCUT2D eigenvalue weighted by molar-refractivity contribution is 5.92. The maximum Gasteiger partial charge on any atom is 0.269 e. The number of nitrogens with one attached hydrogen (secondary N) is 2. The van der Waals surface area contributed by atoms with E-state index in [0.29, 0.717) is 24.6 Å². The molecular formula is C11H13N5O2. The SMILES string of the molecule is CNC(=O)c1cc(NCCc2ncno2)ccn1. The number of carbonyl (C=O) groups is 1. The van der Waals surface area contributed by atoms with Crippen LogP contribution < -0.4 is 10.6 Å². The zero-order valence-corrected chi connectivity index (χ0v) is 9.88. The lowest BCUT2D eigenvalue weighted by atomic mass is 10.3. The number of hydrogen-bond donors (Lipinski definition) is 2. The van der Waals surface area contributed by atoms with Gasteiger partial charge >= 0.3 is 0 Å². The first-order valence-corrected chi connectivity index (χ1v) is 5.47. The Kier molecular flexibility index (Phi) is 3.85. The van der Waals surface area contributed by atoms with Crippen LogP contribution >= 0.6 is 0 Å². The quantitative estimate of drug-likeness (QED) is 0.798. The number of carbonyl (C=O) groups excluding carboxylic acids is 1. The topological polar surface area (TPSA) is 92.9 Å². The molecule has 94 valence electrons. The van der Waals surface area contributed by atoms with E-state index in [0.717, 1.165) is 5.69 Å². The first-order valence-electron chi connectivity index (χ1n) is 5.47. The molecule has 0 saturated heterocycles. The molecule has 7 heteroatoms. The fraction of sp³-hybridized carbons (Fsp3) is 0.273. The van der Waals surface area contributed by atoms with Gasteiger partial charge in [-0.15, -0.1) is 0 Å². The van der Waals surface area contributed by atoms with Gasteiger partial charge in [-0.3, -0.25) is 9.78 Å². The average Bonchev–Trinajstić information content (AvgIpc) is 2.91. The van der Waals surface area contributed by atoms with Crippen molar-refractivity contribution >= 4 is 11.6 Å². The lowest BCUT2D eigenvalue weighted by Gasteiger charge is -2.05. The molecule has 0 aromatic carbocycles. The van der Waals surface area contributed by atoms with Crippen LogP contribution in [0.1, 0.15) is 16.4 Å². The Bertz CT molecular complexity index is 512. The van der Waals surface area contributed by atoms with Crippen molar-refractivity contribution in [3.05, 3.63) is 36.2 Å². The van der Waals surface area contributed by atoms with Gasteiger partial charge in [-0.25, -0.2) is 0 Å². The number of amides is 1. The van der Waals surface area contributed by atoms with Gasteiger partial charge in [0.25, 0.3) is 5.91 Å². The van der Waals surface area contributed by atoms with E-state index in [1.165, 1.54) is 6.33 Å². The molecular weight excluding hydrogens is 234 g/mol. The van der Waals surface area contributed by atoms with Crippen molar-refractivity contribution < 1.29 is 9.32 Å². The van der Waals surface area contributed by atoms with Crippen LogP contribution in [-0.4, -0.2) is 34.6 Å². The van der Waals surface area contributed by atoms with Gasteiger partial charge in [0.05, 0.1) is 0 Å². The molecule has 7 nitrogen and oxygen atoms in total. The Morgan fingerprint density at radius 1 is 1.44 bits per heavy atom. The van der Waals surface area contributed by atoms with Gasteiger partial charge in [0.1, 0.15) is 5.69 Å². The Morgan fingerprint density at radius 3 is 3.06 bits per heavy atom. The van der Waals surface area contributed by atoms with Gasteiger partial charge < -0.3 is 15.2 Å². The second-order valence-corrected chi connectivity index (χ2v) is 3.52. The third kappa shape index (κ3) is 3.03. The number of rotatable bonds is 5. The molecule has 0 fully saturated rings. The molecule has 0 bridgehead atoms. The standard InChI is InChI=1S/C11H13N5O2/c1-12-11(17)9-6-8(2-4-14-9)13-5-3-10-15-7-16-18-10/h2,4,6-7H,3,5H2,1H3,(H,12,17)(H,13,14). The van der Waals surface area contributed by atoms with Crippen molar-refractivity contribution in [2.75, 3.05) is 18.9 Å². The Morgan fingerprint density at radius 2 is 2.33 bits per heavy atom. The largest absolute Gasteiger partial charge is 0.384 e. The molecule has 0 spiro atoms. The number of pyridine rings is 1. The summed E-state index contributed by atoms with van der Waals surface area (Å²) in [6.07, 6.45) is 3.57. The van der Waals surface area contributed by atoms with E-state index in [1.807, 2.05) is 0 Å². The molecule has 2 N–H and O–H groups in total. The van der Waals surface area contributed by atoms with E-state index < -0.39 is 0 Å². The number of anilines is 1. The van der Waals surface area contributed by atoms with Crippen molar-refractivity contribution in [1.29, 1.82) is 0 Å². The van der Waals surface area contributed by atoms with Gasteiger partial charge in [-0.1, -0.05) is 5.16 Å². The molecule has 0 aliphatic heterocycles. The minimum absolute atomic E-state index is 0.212. The van der Waals surface area contributed by atoms with E-state index in [1.54, 1.807) is 25.4 Å². The number of hydrogen-bond acceptors (Lipinski definition) is 6. The van der Waals surface area contributed by atoms with Crippen molar-refractivity contribution in [2.45, 2.75) is 6.42 Å². The molecule has 2 heterocycles. The monoisotopic (exact) mass is 247 g/mol. The van der Waals surface area contributed by atoms with Crippen molar-refractivity contribution in [2.24, 2.45) is 0 Å². The van der Waals surface area contributed by atoms with Gasteiger partial charge in [-0.05, 0) is 12.1 Å². The van der Waals surface area contributed by atoms with Crippen molar-refractivity contribution in [3.8, 4) is 0 Å². The summed E-state index contributed by atoms with van der Waals surface area (Å²) < 4.78 is 4.87.